The van der Waals surface area contributed by atoms with Crippen LogP contribution in [0, 0.1) is 0 Å². The fourth-order valence-corrected chi connectivity index (χ4v) is 2.52. The highest BCUT2D eigenvalue weighted by Crippen LogP contribution is 2.52. The third-order valence-electron chi connectivity index (χ3n) is 4.88. The maximum Gasteiger partial charge on any atom is 0.124 e. The molecule has 0 aromatic heterocycles. The van der Waals surface area contributed by atoms with Gasteiger partial charge in [-0.25, -0.2) is 0 Å². The SMILES string of the molecule is CC1(C)O[C@](C)(CO)[C@](C)(O)[C@](C)(O)[C@]1(C)O. The summed E-state index contributed by atoms with van der Waals surface area (Å²) < 4.78 is 5.67. The molecule has 4 atom stereocenters. The smallest absolute Gasteiger partial charge is 0.124 e. The molecule has 5 heteroatoms. The molecule has 0 bridgehead atoms. The lowest BCUT2D eigenvalue weighted by molar-refractivity contribution is -0.398. The first-order valence-electron chi connectivity index (χ1n) is 5.75. The summed E-state index contributed by atoms with van der Waals surface area (Å²) in [4.78, 5) is 0. The molecule has 0 amide bonds. The fourth-order valence-electron chi connectivity index (χ4n) is 2.52. The maximum atomic E-state index is 10.5. The summed E-state index contributed by atoms with van der Waals surface area (Å²) in [5.41, 5.74) is -7.77. The monoisotopic (exact) mass is 248 g/mol. The molecule has 0 aromatic rings. The Morgan fingerprint density at radius 2 is 1.18 bits per heavy atom. The van der Waals surface area contributed by atoms with Crippen LogP contribution in [0.3, 0.4) is 0 Å². The minimum absolute atomic E-state index is 0.463. The third kappa shape index (κ3) is 1.50. The summed E-state index contributed by atoms with van der Waals surface area (Å²) in [7, 11) is 0. The zero-order chi connectivity index (χ0) is 13.9. The Kier molecular flexibility index (Phi) is 2.99. The summed E-state index contributed by atoms with van der Waals surface area (Å²) >= 11 is 0. The lowest BCUT2D eigenvalue weighted by Gasteiger charge is -2.65. The fraction of sp³-hybridized carbons (Fsp3) is 1.00. The predicted octanol–water partition coefficient (Wildman–Crippen LogP) is -0.201. The topological polar surface area (TPSA) is 90.2 Å². The van der Waals surface area contributed by atoms with Crippen LogP contribution in [0.2, 0.25) is 0 Å². The van der Waals surface area contributed by atoms with Crippen LogP contribution in [-0.4, -0.2) is 55.0 Å². The molecule has 1 heterocycles. The Hall–Kier alpha value is -0.200. The second kappa shape index (κ2) is 3.42. The van der Waals surface area contributed by atoms with Crippen LogP contribution in [0.15, 0.2) is 0 Å². The van der Waals surface area contributed by atoms with E-state index in [2.05, 4.69) is 0 Å². The first-order valence-corrected chi connectivity index (χ1v) is 5.75. The van der Waals surface area contributed by atoms with E-state index < -0.39 is 34.6 Å². The molecule has 0 aliphatic carbocycles. The molecule has 1 aliphatic rings. The van der Waals surface area contributed by atoms with Gasteiger partial charge in [0.05, 0.1) is 12.2 Å². The summed E-state index contributed by atoms with van der Waals surface area (Å²) in [6, 6.07) is 0. The Bertz CT molecular complexity index is 319. The highest BCUT2D eigenvalue weighted by Gasteiger charge is 2.72. The van der Waals surface area contributed by atoms with Crippen LogP contribution in [0.5, 0.6) is 0 Å². The lowest BCUT2D eigenvalue weighted by atomic mass is 9.59. The van der Waals surface area contributed by atoms with Gasteiger partial charge in [0.25, 0.3) is 0 Å². The summed E-state index contributed by atoms with van der Waals surface area (Å²) in [6.45, 7) is 8.40. The number of aliphatic hydroxyl groups is 4. The molecule has 0 spiro atoms. The average molecular weight is 248 g/mol. The van der Waals surface area contributed by atoms with Gasteiger partial charge in [-0.15, -0.1) is 0 Å². The Balaban J connectivity index is 3.46. The van der Waals surface area contributed by atoms with Crippen LogP contribution >= 0.6 is 0 Å². The highest BCUT2D eigenvalue weighted by molar-refractivity contribution is 5.22. The molecule has 0 unspecified atom stereocenters. The number of hydrogen-bond donors (Lipinski definition) is 4. The van der Waals surface area contributed by atoms with Crippen molar-refractivity contribution >= 4 is 0 Å². The van der Waals surface area contributed by atoms with E-state index in [-0.39, 0.29) is 0 Å². The van der Waals surface area contributed by atoms with Crippen LogP contribution in [0.1, 0.15) is 41.5 Å². The number of aliphatic hydroxyl groups excluding tert-OH is 1. The van der Waals surface area contributed by atoms with Crippen LogP contribution < -0.4 is 0 Å². The molecule has 102 valence electrons. The molecule has 0 aromatic carbocycles. The molecule has 17 heavy (non-hydrogen) atoms. The molecule has 4 N–H and O–H groups in total. The van der Waals surface area contributed by atoms with E-state index in [0.717, 1.165) is 0 Å². The van der Waals surface area contributed by atoms with Gasteiger partial charge in [0.15, 0.2) is 0 Å². The largest absolute Gasteiger partial charge is 0.393 e. The van der Waals surface area contributed by atoms with Crippen LogP contribution in [0.25, 0.3) is 0 Å². The first-order chi connectivity index (χ1) is 7.27. The summed E-state index contributed by atoms with van der Waals surface area (Å²) in [6.07, 6.45) is 0. The average Bonchev–Trinajstić information content (AvgIpc) is 2.14. The Morgan fingerprint density at radius 1 is 0.765 bits per heavy atom. The van der Waals surface area contributed by atoms with Crippen molar-refractivity contribution in [1.29, 1.82) is 0 Å². The van der Waals surface area contributed by atoms with Crippen LogP contribution in [0.4, 0.5) is 0 Å². The summed E-state index contributed by atoms with van der Waals surface area (Å²) in [5.74, 6) is 0. The van der Waals surface area contributed by atoms with Crippen molar-refractivity contribution in [1.82, 2.24) is 0 Å². The molecule has 5 nitrogen and oxygen atoms in total. The second-order valence-corrected chi connectivity index (χ2v) is 6.22. The van der Waals surface area contributed by atoms with E-state index in [4.69, 9.17) is 4.74 Å². The molecule has 1 rings (SSSR count). The second-order valence-electron chi connectivity index (χ2n) is 6.22. The molecule has 1 saturated heterocycles. The van der Waals surface area contributed by atoms with Crippen molar-refractivity contribution in [3.8, 4) is 0 Å². The van der Waals surface area contributed by atoms with Gasteiger partial charge in [0.1, 0.15) is 22.4 Å². The van der Waals surface area contributed by atoms with E-state index in [0.29, 0.717) is 0 Å². The van der Waals surface area contributed by atoms with Crippen molar-refractivity contribution in [3.63, 3.8) is 0 Å². The Morgan fingerprint density at radius 3 is 1.53 bits per heavy atom. The minimum Gasteiger partial charge on any atom is -0.393 e. The lowest BCUT2D eigenvalue weighted by Crippen LogP contribution is -2.83. The highest BCUT2D eigenvalue weighted by atomic mass is 16.6. The van der Waals surface area contributed by atoms with E-state index in [1.807, 2.05) is 0 Å². The molecule has 1 aliphatic heterocycles. The van der Waals surface area contributed by atoms with Gasteiger partial charge in [-0.1, -0.05) is 0 Å². The van der Waals surface area contributed by atoms with Crippen LogP contribution in [-0.2, 0) is 4.74 Å². The van der Waals surface area contributed by atoms with Gasteiger partial charge in [-0.3, -0.25) is 0 Å². The third-order valence-corrected chi connectivity index (χ3v) is 4.88. The van der Waals surface area contributed by atoms with E-state index >= 15 is 0 Å². The van der Waals surface area contributed by atoms with Crippen molar-refractivity contribution in [3.05, 3.63) is 0 Å². The zero-order valence-electron chi connectivity index (χ0n) is 11.4. The van der Waals surface area contributed by atoms with Gasteiger partial charge in [-0.05, 0) is 41.5 Å². The van der Waals surface area contributed by atoms with Crippen molar-refractivity contribution in [2.24, 2.45) is 0 Å². The normalized spacial score (nSPS) is 54.7. The number of rotatable bonds is 1. The van der Waals surface area contributed by atoms with E-state index in [1.165, 1.54) is 27.7 Å². The van der Waals surface area contributed by atoms with Crippen molar-refractivity contribution < 1.29 is 25.2 Å². The van der Waals surface area contributed by atoms with E-state index in [9.17, 15) is 20.4 Å². The van der Waals surface area contributed by atoms with Gasteiger partial charge in [0, 0.05) is 0 Å². The van der Waals surface area contributed by atoms with Crippen molar-refractivity contribution in [2.75, 3.05) is 6.61 Å². The first kappa shape index (κ1) is 14.9. The van der Waals surface area contributed by atoms with Gasteiger partial charge >= 0.3 is 0 Å². The molecular weight excluding hydrogens is 224 g/mol. The molecule has 0 saturated carbocycles. The molecular formula is C12H24O5. The zero-order valence-corrected chi connectivity index (χ0v) is 11.4. The molecule has 1 fully saturated rings. The van der Waals surface area contributed by atoms with Gasteiger partial charge < -0.3 is 25.2 Å². The van der Waals surface area contributed by atoms with Gasteiger partial charge in [-0.2, -0.15) is 0 Å². The summed E-state index contributed by atoms with van der Waals surface area (Å²) in [5, 5.41) is 41.0. The Labute approximate surface area is 102 Å². The van der Waals surface area contributed by atoms with Gasteiger partial charge in [0.2, 0.25) is 0 Å². The maximum absolute atomic E-state index is 10.5. The minimum atomic E-state index is -1.83. The number of hydrogen-bond acceptors (Lipinski definition) is 5. The predicted molar refractivity (Wildman–Crippen MR) is 62.5 cm³/mol. The standard InChI is InChI=1S/C12H24O5/c1-8(2)10(4,14)12(6,16)11(5,15)9(3,7-13)17-8/h13-16H,7H2,1-6H3/t9-,10-,11+,12-/m1/s1. The number of ether oxygens (including phenoxy) is 1. The van der Waals surface area contributed by atoms with E-state index in [1.54, 1.807) is 13.8 Å². The van der Waals surface area contributed by atoms with Crippen molar-refractivity contribution in [2.45, 2.75) is 69.5 Å². The quantitative estimate of drug-likeness (QED) is 0.516. The molecule has 0 radical (unpaired) electrons.